The molecule has 18 heavy (non-hydrogen) atoms. The molecule has 0 aromatic heterocycles. The third-order valence-electron chi connectivity index (χ3n) is 3.10. The fourth-order valence-electron chi connectivity index (χ4n) is 2.09. The minimum absolute atomic E-state index is 0.184. The van der Waals surface area contributed by atoms with Crippen molar-refractivity contribution in [3.63, 3.8) is 0 Å². The van der Waals surface area contributed by atoms with Gasteiger partial charge in [-0.05, 0) is 30.9 Å². The molecule has 0 saturated carbocycles. The van der Waals surface area contributed by atoms with Crippen LogP contribution in [0.3, 0.4) is 0 Å². The van der Waals surface area contributed by atoms with Crippen molar-refractivity contribution in [1.29, 1.82) is 0 Å². The second-order valence-electron chi connectivity index (χ2n) is 4.57. The summed E-state index contributed by atoms with van der Waals surface area (Å²) in [5.41, 5.74) is 6.69. The van der Waals surface area contributed by atoms with E-state index in [2.05, 4.69) is 4.72 Å². The molecular weight excluding hydrogens is 252 g/mol. The summed E-state index contributed by atoms with van der Waals surface area (Å²) in [6, 6.07) is 5.08. The Kier molecular flexibility index (Phi) is 3.89. The molecule has 0 bridgehead atoms. The smallest absolute Gasteiger partial charge is 0.242 e. The predicted molar refractivity (Wildman–Crippen MR) is 69.7 cm³/mol. The Hall–Kier alpha value is -1.11. The minimum Gasteiger partial charge on any atom is -0.398 e. The number of nitrogen functional groups attached to an aromatic ring is 1. The number of ether oxygens (including phenoxy) is 1. The number of nitrogens with one attached hydrogen (secondary N) is 1. The summed E-state index contributed by atoms with van der Waals surface area (Å²) in [6.45, 7) is 3.46. The lowest BCUT2D eigenvalue weighted by molar-refractivity contribution is 0.186. The number of nitrogens with two attached hydrogens (primary N) is 1. The molecule has 1 fully saturated rings. The maximum absolute atomic E-state index is 12.2. The van der Waals surface area contributed by atoms with Crippen molar-refractivity contribution in [3.05, 3.63) is 23.8 Å². The average Bonchev–Trinajstić information content (AvgIpc) is 2.78. The summed E-state index contributed by atoms with van der Waals surface area (Å²) in [4.78, 5) is 0.184. The van der Waals surface area contributed by atoms with Crippen LogP contribution in [0.15, 0.2) is 23.1 Å². The van der Waals surface area contributed by atoms with Gasteiger partial charge in [0.05, 0.1) is 12.3 Å². The van der Waals surface area contributed by atoms with Crippen molar-refractivity contribution < 1.29 is 13.2 Å². The first-order chi connectivity index (χ1) is 8.50. The number of rotatable bonds is 4. The molecule has 100 valence electrons. The molecule has 5 nitrogen and oxygen atoms in total. The molecule has 1 heterocycles. The molecule has 6 heteroatoms. The first-order valence-corrected chi connectivity index (χ1v) is 7.41. The zero-order chi connectivity index (χ0) is 13.2. The Balaban J connectivity index is 2.15. The second-order valence-corrected chi connectivity index (χ2v) is 6.28. The Bertz CT molecular complexity index is 502. The Morgan fingerprint density at radius 2 is 2.28 bits per heavy atom. The summed E-state index contributed by atoms with van der Waals surface area (Å²) in [5, 5.41) is 0. The molecule has 0 spiro atoms. The van der Waals surface area contributed by atoms with Crippen LogP contribution in [-0.2, 0) is 14.8 Å². The van der Waals surface area contributed by atoms with Gasteiger partial charge in [-0.1, -0.05) is 12.1 Å². The molecule has 1 aromatic rings. The number of hydrogen-bond donors (Lipinski definition) is 2. The van der Waals surface area contributed by atoms with Gasteiger partial charge in [0.2, 0.25) is 10.0 Å². The van der Waals surface area contributed by atoms with Gasteiger partial charge >= 0.3 is 0 Å². The summed E-state index contributed by atoms with van der Waals surface area (Å²) < 4.78 is 32.2. The standard InChI is InChI=1S/C12H18N2O3S/c1-9-3-2-4-11(13)12(9)18(15,16)14-7-10-5-6-17-8-10/h2-4,10,14H,5-8,13H2,1H3. The number of hydrogen-bond acceptors (Lipinski definition) is 4. The van der Waals surface area contributed by atoms with Crippen molar-refractivity contribution in [2.24, 2.45) is 5.92 Å². The highest BCUT2D eigenvalue weighted by atomic mass is 32.2. The highest BCUT2D eigenvalue weighted by Crippen LogP contribution is 2.22. The quantitative estimate of drug-likeness (QED) is 0.796. The van der Waals surface area contributed by atoms with E-state index >= 15 is 0 Å². The van der Waals surface area contributed by atoms with Crippen LogP contribution in [0.1, 0.15) is 12.0 Å². The van der Waals surface area contributed by atoms with E-state index in [1.165, 1.54) is 0 Å². The molecule has 1 unspecified atom stereocenters. The van der Waals surface area contributed by atoms with Gasteiger partial charge in [0.1, 0.15) is 4.90 Å². The summed E-state index contributed by atoms with van der Waals surface area (Å²) >= 11 is 0. The second kappa shape index (κ2) is 5.26. The van der Waals surface area contributed by atoms with E-state index in [0.29, 0.717) is 25.3 Å². The third kappa shape index (κ3) is 2.82. The van der Waals surface area contributed by atoms with E-state index in [-0.39, 0.29) is 16.5 Å². The van der Waals surface area contributed by atoms with Gasteiger partial charge < -0.3 is 10.5 Å². The molecule has 0 amide bonds. The topological polar surface area (TPSA) is 81.4 Å². The maximum atomic E-state index is 12.2. The molecule has 2 rings (SSSR count). The Morgan fingerprint density at radius 3 is 2.89 bits per heavy atom. The van der Waals surface area contributed by atoms with Gasteiger partial charge in [0.15, 0.2) is 0 Å². The van der Waals surface area contributed by atoms with Crippen LogP contribution in [0, 0.1) is 12.8 Å². The predicted octanol–water partition coefficient (Wildman–Crippen LogP) is 0.892. The van der Waals surface area contributed by atoms with E-state index in [4.69, 9.17) is 10.5 Å². The van der Waals surface area contributed by atoms with Gasteiger partial charge in [-0.2, -0.15) is 0 Å². The molecular formula is C12H18N2O3S. The lowest BCUT2D eigenvalue weighted by Crippen LogP contribution is -2.30. The lowest BCUT2D eigenvalue weighted by Gasteiger charge is -2.13. The van der Waals surface area contributed by atoms with Gasteiger partial charge in [-0.15, -0.1) is 0 Å². The van der Waals surface area contributed by atoms with E-state index in [9.17, 15) is 8.42 Å². The van der Waals surface area contributed by atoms with Crippen LogP contribution < -0.4 is 10.5 Å². The minimum atomic E-state index is -3.54. The highest BCUT2D eigenvalue weighted by Gasteiger charge is 2.23. The van der Waals surface area contributed by atoms with Crippen LogP contribution >= 0.6 is 0 Å². The van der Waals surface area contributed by atoms with Crippen molar-refractivity contribution in [2.75, 3.05) is 25.5 Å². The third-order valence-corrected chi connectivity index (χ3v) is 4.74. The first-order valence-electron chi connectivity index (χ1n) is 5.93. The molecule has 1 aliphatic heterocycles. The molecule has 1 atom stereocenters. The number of aryl methyl sites for hydroxylation is 1. The van der Waals surface area contributed by atoms with Crippen LogP contribution in [0.5, 0.6) is 0 Å². The fraction of sp³-hybridized carbons (Fsp3) is 0.500. The molecule has 1 aliphatic rings. The SMILES string of the molecule is Cc1cccc(N)c1S(=O)(=O)NCC1CCOC1. The van der Waals surface area contributed by atoms with Crippen LogP contribution in [0.4, 0.5) is 5.69 Å². The van der Waals surface area contributed by atoms with Crippen LogP contribution in [0.25, 0.3) is 0 Å². The molecule has 0 radical (unpaired) electrons. The van der Waals surface area contributed by atoms with Crippen molar-refractivity contribution in [1.82, 2.24) is 4.72 Å². The molecule has 0 aliphatic carbocycles. The zero-order valence-electron chi connectivity index (χ0n) is 10.3. The Morgan fingerprint density at radius 1 is 1.50 bits per heavy atom. The van der Waals surface area contributed by atoms with Crippen molar-refractivity contribution in [2.45, 2.75) is 18.2 Å². The van der Waals surface area contributed by atoms with Gasteiger partial charge in [-0.3, -0.25) is 0 Å². The number of sulfonamides is 1. The lowest BCUT2D eigenvalue weighted by atomic mass is 10.1. The van der Waals surface area contributed by atoms with Gasteiger partial charge in [0, 0.05) is 13.2 Å². The van der Waals surface area contributed by atoms with Gasteiger partial charge in [0.25, 0.3) is 0 Å². The molecule has 1 saturated heterocycles. The van der Waals surface area contributed by atoms with E-state index in [0.717, 1.165) is 6.42 Å². The summed E-state index contributed by atoms with van der Waals surface area (Å²) in [6.07, 6.45) is 0.895. The van der Waals surface area contributed by atoms with E-state index in [1.54, 1.807) is 25.1 Å². The molecule has 3 N–H and O–H groups in total. The van der Waals surface area contributed by atoms with Crippen molar-refractivity contribution in [3.8, 4) is 0 Å². The Labute approximate surface area is 107 Å². The number of benzene rings is 1. The highest BCUT2D eigenvalue weighted by molar-refractivity contribution is 7.89. The maximum Gasteiger partial charge on any atom is 0.242 e. The van der Waals surface area contributed by atoms with Crippen LogP contribution in [-0.4, -0.2) is 28.2 Å². The largest absolute Gasteiger partial charge is 0.398 e. The molecule has 1 aromatic carbocycles. The summed E-state index contributed by atoms with van der Waals surface area (Å²) in [7, 11) is -3.54. The normalized spacial score (nSPS) is 20.2. The monoisotopic (exact) mass is 270 g/mol. The summed E-state index contributed by atoms with van der Waals surface area (Å²) in [5.74, 6) is 0.255. The number of anilines is 1. The van der Waals surface area contributed by atoms with Crippen molar-refractivity contribution >= 4 is 15.7 Å². The first kappa shape index (κ1) is 13.3. The fourth-order valence-corrected chi connectivity index (χ4v) is 3.56. The van der Waals surface area contributed by atoms with E-state index in [1.807, 2.05) is 0 Å². The van der Waals surface area contributed by atoms with Gasteiger partial charge in [-0.25, -0.2) is 13.1 Å². The average molecular weight is 270 g/mol. The zero-order valence-corrected chi connectivity index (χ0v) is 11.2. The van der Waals surface area contributed by atoms with E-state index < -0.39 is 10.0 Å². The van der Waals surface area contributed by atoms with Crippen LogP contribution in [0.2, 0.25) is 0 Å².